The Morgan fingerprint density at radius 3 is 2.67 bits per heavy atom. The predicted molar refractivity (Wildman–Crippen MR) is 104 cm³/mol. The van der Waals surface area contributed by atoms with Crippen molar-refractivity contribution in [1.82, 2.24) is 9.55 Å². The van der Waals surface area contributed by atoms with Gasteiger partial charge in [-0.1, -0.05) is 23.9 Å². The molecule has 1 aromatic heterocycles. The van der Waals surface area contributed by atoms with Gasteiger partial charge in [-0.2, -0.15) is 0 Å². The number of carbonyl (C=O) groups is 1. The smallest absolute Gasteiger partial charge is 0.305 e. The van der Waals surface area contributed by atoms with E-state index in [-0.39, 0.29) is 17.3 Å². The summed E-state index contributed by atoms with van der Waals surface area (Å²) in [6.45, 7) is 2.13. The fraction of sp³-hybridized carbons (Fsp3) is 0.250. The van der Waals surface area contributed by atoms with Gasteiger partial charge >= 0.3 is 5.97 Å². The molecule has 0 aliphatic heterocycles. The summed E-state index contributed by atoms with van der Waals surface area (Å²) < 4.78 is 19.7. The minimum Gasteiger partial charge on any atom is -0.466 e. The van der Waals surface area contributed by atoms with E-state index in [1.54, 1.807) is 37.3 Å². The normalized spacial score (nSPS) is 10.9. The summed E-state index contributed by atoms with van der Waals surface area (Å²) in [7, 11) is 0. The van der Waals surface area contributed by atoms with Crippen LogP contribution in [0, 0.1) is 5.82 Å². The maximum absolute atomic E-state index is 13.3. The number of benzene rings is 2. The minimum atomic E-state index is -0.371. The number of rotatable bonds is 7. The van der Waals surface area contributed by atoms with E-state index in [9.17, 15) is 14.0 Å². The molecule has 3 aromatic rings. The number of hydrogen-bond acceptors (Lipinski definition) is 5. The number of aromatic nitrogens is 2. The Morgan fingerprint density at radius 1 is 1.19 bits per heavy atom. The summed E-state index contributed by atoms with van der Waals surface area (Å²) in [5.41, 5.74) is 0.946. The van der Waals surface area contributed by atoms with Crippen LogP contribution in [0.5, 0.6) is 0 Å². The number of ether oxygens (including phenoxy) is 1. The van der Waals surface area contributed by atoms with E-state index in [0.29, 0.717) is 46.9 Å². The highest BCUT2D eigenvalue weighted by Crippen LogP contribution is 2.22. The third-order valence-electron chi connectivity index (χ3n) is 3.89. The zero-order chi connectivity index (χ0) is 19.2. The van der Waals surface area contributed by atoms with Crippen LogP contribution in [0.3, 0.4) is 0 Å². The molecule has 0 unspecified atom stereocenters. The van der Waals surface area contributed by atoms with Gasteiger partial charge in [0.2, 0.25) is 0 Å². The number of carbonyl (C=O) groups excluding carboxylic acids is 1. The van der Waals surface area contributed by atoms with Gasteiger partial charge in [-0.15, -0.1) is 0 Å². The van der Waals surface area contributed by atoms with Crippen molar-refractivity contribution in [3.63, 3.8) is 0 Å². The second-order valence-corrected chi connectivity index (χ2v) is 6.85. The second-order valence-electron chi connectivity index (χ2n) is 5.79. The topological polar surface area (TPSA) is 61.2 Å². The summed E-state index contributed by atoms with van der Waals surface area (Å²) in [6.07, 6.45) is 0.921. The van der Waals surface area contributed by atoms with Gasteiger partial charge in [0, 0.05) is 12.2 Å². The lowest BCUT2D eigenvalue weighted by molar-refractivity contribution is -0.143. The predicted octanol–water partition coefficient (Wildman–Crippen LogP) is 3.96. The summed E-state index contributed by atoms with van der Waals surface area (Å²) in [6, 6.07) is 12.8. The molecule has 0 aliphatic carbocycles. The molecular formula is C20H19FN2O3S. The van der Waals surface area contributed by atoms with E-state index in [1.807, 2.05) is 6.07 Å². The molecule has 0 fully saturated rings. The SMILES string of the molecule is CCOC(=O)CCCSc1nc2ccccc2c(=O)n1-c1ccc(F)cc1. The van der Waals surface area contributed by atoms with Crippen LogP contribution in [-0.2, 0) is 9.53 Å². The van der Waals surface area contributed by atoms with E-state index in [4.69, 9.17) is 4.74 Å². The van der Waals surface area contributed by atoms with E-state index in [1.165, 1.54) is 28.5 Å². The first-order valence-electron chi connectivity index (χ1n) is 8.66. The monoisotopic (exact) mass is 386 g/mol. The quantitative estimate of drug-likeness (QED) is 0.266. The second kappa shape index (κ2) is 8.81. The molecule has 3 rings (SSSR count). The molecule has 0 spiro atoms. The average molecular weight is 386 g/mol. The highest BCUT2D eigenvalue weighted by atomic mass is 32.2. The molecule has 0 atom stereocenters. The summed E-state index contributed by atoms with van der Waals surface area (Å²) in [5, 5.41) is 1.01. The van der Waals surface area contributed by atoms with Crippen molar-refractivity contribution in [1.29, 1.82) is 0 Å². The lowest BCUT2D eigenvalue weighted by atomic mass is 10.2. The summed E-state index contributed by atoms with van der Waals surface area (Å²) >= 11 is 1.39. The molecule has 140 valence electrons. The van der Waals surface area contributed by atoms with Crippen molar-refractivity contribution in [3.8, 4) is 5.69 Å². The largest absolute Gasteiger partial charge is 0.466 e. The van der Waals surface area contributed by atoms with Crippen molar-refractivity contribution in [2.75, 3.05) is 12.4 Å². The molecule has 27 heavy (non-hydrogen) atoms. The maximum Gasteiger partial charge on any atom is 0.305 e. The van der Waals surface area contributed by atoms with Gasteiger partial charge in [-0.25, -0.2) is 9.37 Å². The van der Waals surface area contributed by atoms with E-state index in [0.717, 1.165) is 0 Å². The fourth-order valence-electron chi connectivity index (χ4n) is 2.64. The minimum absolute atomic E-state index is 0.208. The van der Waals surface area contributed by atoms with Gasteiger partial charge in [0.25, 0.3) is 5.56 Å². The molecule has 7 heteroatoms. The highest BCUT2D eigenvalue weighted by molar-refractivity contribution is 7.99. The molecule has 0 saturated heterocycles. The molecule has 0 aliphatic rings. The average Bonchev–Trinajstić information content (AvgIpc) is 2.67. The zero-order valence-corrected chi connectivity index (χ0v) is 15.7. The highest BCUT2D eigenvalue weighted by Gasteiger charge is 2.13. The van der Waals surface area contributed by atoms with Gasteiger partial charge < -0.3 is 4.74 Å². The van der Waals surface area contributed by atoms with Crippen LogP contribution in [-0.4, -0.2) is 27.9 Å². The number of nitrogens with zero attached hydrogens (tertiary/aromatic N) is 2. The van der Waals surface area contributed by atoms with Crippen molar-refractivity contribution in [2.45, 2.75) is 24.9 Å². The number of hydrogen-bond donors (Lipinski definition) is 0. The number of halogens is 1. The number of para-hydroxylation sites is 1. The summed E-state index contributed by atoms with van der Waals surface area (Å²) in [5.74, 6) is -0.00480. The molecule has 0 bridgehead atoms. The Balaban J connectivity index is 1.92. The molecule has 0 amide bonds. The maximum atomic E-state index is 13.3. The van der Waals surface area contributed by atoms with E-state index in [2.05, 4.69) is 4.98 Å². The number of fused-ring (bicyclic) bond motifs is 1. The zero-order valence-electron chi connectivity index (χ0n) is 14.9. The van der Waals surface area contributed by atoms with Crippen LogP contribution < -0.4 is 5.56 Å². The van der Waals surface area contributed by atoms with Gasteiger partial charge in [-0.3, -0.25) is 14.2 Å². The van der Waals surface area contributed by atoms with Gasteiger partial charge in [0.05, 0.1) is 23.2 Å². The molecule has 5 nitrogen and oxygen atoms in total. The van der Waals surface area contributed by atoms with Gasteiger partial charge in [-0.05, 0) is 49.7 Å². The van der Waals surface area contributed by atoms with Crippen molar-refractivity contribution in [3.05, 3.63) is 64.7 Å². The Hall–Kier alpha value is -2.67. The van der Waals surface area contributed by atoms with Gasteiger partial charge in [0.15, 0.2) is 5.16 Å². The Morgan fingerprint density at radius 2 is 1.93 bits per heavy atom. The van der Waals surface area contributed by atoms with Gasteiger partial charge in [0.1, 0.15) is 5.82 Å². The van der Waals surface area contributed by atoms with Crippen LogP contribution in [0.4, 0.5) is 4.39 Å². The van der Waals surface area contributed by atoms with Crippen LogP contribution in [0.25, 0.3) is 16.6 Å². The van der Waals surface area contributed by atoms with Crippen LogP contribution in [0.1, 0.15) is 19.8 Å². The first-order chi connectivity index (χ1) is 13.1. The molecule has 0 N–H and O–H groups in total. The van der Waals surface area contributed by atoms with Crippen molar-refractivity contribution >= 4 is 28.6 Å². The number of esters is 1. The standard InChI is InChI=1S/C20H19FN2O3S/c1-2-26-18(24)8-5-13-27-20-22-17-7-4-3-6-16(17)19(25)23(20)15-11-9-14(21)10-12-15/h3-4,6-7,9-12H,2,5,8,13H2,1H3. The molecule has 0 radical (unpaired) electrons. The molecular weight excluding hydrogens is 367 g/mol. The Kier molecular flexibility index (Phi) is 6.24. The fourth-order valence-corrected chi connectivity index (χ4v) is 3.59. The first-order valence-corrected chi connectivity index (χ1v) is 9.65. The van der Waals surface area contributed by atoms with E-state index < -0.39 is 0 Å². The van der Waals surface area contributed by atoms with Crippen LogP contribution in [0.2, 0.25) is 0 Å². The molecule has 2 aromatic carbocycles. The van der Waals surface area contributed by atoms with Crippen molar-refractivity contribution in [2.24, 2.45) is 0 Å². The lowest BCUT2D eigenvalue weighted by Crippen LogP contribution is -2.21. The molecule has 1 heterocycles. The van der Waals surface area contributed by atoms with Crippen LogP contribution >= 0.6 is 11.8 Å². The third-order valence-corrected chi connectivity index (χ3v) is 4.92. The number of thioether (sulfide) groups is 1. The van der Waals surface area contributed by atoms with Crippen LogP contribution in [0.15, 0.2) is 58.5 Å². The lowest BCUT2D eigenvalue weighted by Gasteiger charge is -2.13. The Bertz CT molecular complexity index is 1000. The third kappa shape index (κ3) is 4.54. The van der Waals surface area contributed by atoms with Crippen molar-refractivity contribution < 1.29 is 13.9 Å². The summed E-state index contributed by atoms with van der Waals surface area (Å²) in [4.78, 5) is 29.1. The molecule has 0 saturated carbocycles. The van der Waals surface area contributed by atoms with E-state index >= 15 is 0 Å². The Labute approximate surface area is 160 Å². The first kappa shape index (κ1) is 19.1.